The Labute approximate surface area is 202 Å². The third-order valence-corrected chi connectivity index (χ3v) is 7.17. The number of hydrogen-bond donors (Lipinski definition) is 2. The van der Waals surface area contributed by atoms with E-state index in [0.29, 0.717) is 11.5 Å². The molecule has 0 spiro atoms. The van der Waals surface area contributed by atoms with Crippen LogP contribution >= 0.6 is 0 Å². The van der Waals surface area contributed by atoms with Crippen molar-refractivity contribution in [2.45, 2.75) is 45.1 Å². The van der Waals surface area contributed by atoms with Crippen LogP contribution < -0.4 is 0 Å². The molecule has 1 aromatic carbocycles. The number of nitrogens with one attached hydrogen (secondary N) is 2. The van der Waals surface area contributed by atoms with E-state index in [2.05, 4.69) is 43.0 Å². The van der Waals surface area contributed by atoms with Gasteiger partial charge in [-0.2, -0.15) is 0 Å². The molecule has 0 unspecified atom stereocenters. The Hall–Kier alpha value is -3.52. The van der Waals surface area contributed by atoms with Gasteiger partial charge in [-0.05, 0) is 74.2 Å². The minimum atomic E-state index is -2.41. The van der Waals surface area contributed by atoms with Crippen molar-refractivity contribution in [2.75, 3.05) is 13.1 Å². The van der Waals surface area contributed by atoms with Crippen LogP contribution in [0.5, 0.6) is 0 Å². The maximum atomic E-state index is 13.7. The van der Waals surface area contributed by atoms with Crippen LogP contribution in [0.4, 0.5) is 8.78 Å². The maximum Gasteiger partial charge on any atom is 0.242 e. The summed E-state index contributed by atoms with van der Waals surface area (Å²) in [4.78, 5) is 17.8. The zero-order chi connectivity index (χ0) is 23.9. The van der Waals surface area contributed by atoms with Gasteiger partial charge in [0.25, 0.3) is 0 Å². The first-order valence-electron chi connectivity index (χ1n) is 12.1. The van der Waals surface area contributed by atoms with Crippen molar-refractivity contribution < 1.29 is 8.78 Å². The highest BCUT2D eigenvalue weighted by atomic mass is 19.3. The van der Waals surface area contributed by atoms with Crippen LogP contribution in [-0.4, -0.2) is 48.8 Å². The molecule has 0 bridgehead atoms. The summed E-state index contributed by atoms with van der Waals surface area (Å²) in [5.74, 6) is 1.37. The van der Waals surface area contributed by atoms with Gasteiger partial charge in [0.1, 0.15) is 11.5 Å². The maximum absolute atomic E-state index is 13.7. The van der Waals surface area contributed by atoms with Gasteiger partial charge in [-0.25, -0.2) is 18.7 Å². The number of aryl methyl sites for hydroxylation is 1. The largest absolute Gasteiger partial charge is 0.354 e. The molecule has 1 fully saturated rings. The highest BCUT2D eigenvalue weighted by molar-refractivity contribution is 5.91. The van der Waals surface area contributed by atoms with E-state index < -0.39 is 6.43 Å². The molecule has 35 heavy (non-hydrogen) atoms. The molecule has 2 N–H and O–H groups in total. The minimum Gasteiger partial charge on any atom is -0.354 e. The van der Waals surface area contributed by atoms with Gasteiger partial charge in [0.15, 0.2) is 0 Å². The molecule has 0 saturated carbocycles. The molecule has 8 heteroatoms. The van der Waals surface area contributed by atoms with Gasteiger partial charge in [0.2, 0.25) is 6.43 Å². The fourth-order valence-electron chi connectivity index (χ4n) is 5.42. The van der Waals surface area contributed by atoms with Crippen LogP contribution in [0.3, 0.4) is 0 Å². The van der Waals surface area contributed by atoms with E-state index in [-0.39, 0.29) is 6.42 Å². The monoisotopic (exact) mass is 474 g/mol. The molecule has 6 rings (SSSR count). The number of H-pyrrole nitrogens is 2. The first-order chi connectivity index (χ1) is 17.0. The smallest absolute Gasteiger partial charge is 0.242 e. The van der Waals surface area contributed by atoms with Gasteiger partial charge in [0.05, 0.1) is 5.69 Å². The second kappa shape index (κ2) is 8.92. The number of piperidine rings is 1. The molecule has 1 aliphatic heterocycles. The van der Waals surface area contributed by atoms with Gasteiger partial charge in [-0.3, -0.25) is 4.90 Å². The molecule has 1 aliphatic rings. The number of rotatable bonds is 6. The van der Waals surface area contributed by atoms with Crippen LogP contribution in [-0.2, 0) is 13.0 Å². The summed E-state index contributed by atoms with van der Waals surface area (Å²) in [6.45, 7) is 4.87. The molecule has 0 atom stereocenters. The fraction of sp³-hybridized carbons (Fsp3) is 0.333. The number of aromatic amines is 2. The first-order valence-corrected chi connectivity index (χ1v) is 12.1. The second-order valence-corrected chi connectivity index (χ2v) is 9.53. The lowest BCUT2D eigenvalue weighted by molar-refractivity contribution is 0.149. The van der Waals surface area contributed by atoms with Crippen LogP contribution in [0.2, 0.25) is 0 Å². The Morgan fingerprint density at radius 3 is 2.71 bits per heavy atom. The predicted octanol–water partition coefficient (Wildman–Crippen LogP) is 5.70. The number of halogens is 2. The molecular weight excluding hydrogens is 446 g/mol. The van der Waals surface area contributed by atoms with Gasteiger partial charge in [-0.1, -0.05) is 6.07 Å². The Bertz CT molecular complexity index is 1470. The van der Waals surface area contributed by atoms with Crippen molar-refractivity contribution >= 4 is 16.6 Å². The normalized spacial score (nSPS) is 15.7. The summed E-state index contributed by atoms with van der Waals surface area (Å²) in [5.41, 5.74) is 6.44. The lowest BCUT2D eigenvalue weighted by Crippen LogP contribution is -2.32. The van der Waals surface area contributed by atoms with E-state index in [1.807, 2.05) is 42.0 Å². The van der Waals surface area contributed by atoms with Gasteiger partial charge in [0, 0.05) is 59.9 Å². The number of nitrogens with zero attached hydrogens (tertiary/aromatic N) is 4. The van der Waals surface area contributed by atoms with E-state index >= 15 is 0 Å². The lowest BCUT2D eigenvalue weighted by Gasteiger charge is -2.31. The summed E-state index contributed by atoms with van der Waals surface area (Å²) in [6, 6.07) is 10.2. The van der Waals surface area contributed by atoms with Crippen molar-refractivity contribution in [3.05, 3.63) is 77.8 Å². The van der Waals surface area contributed by atoms with Gasteiger partial charge in [-0.15, -0.1) is 0 Å². The predicted molar refractivity (Wildman–Crippen MR) is 133 cm³/mol. The fourth-order valence-corrected chi connectivity index (χ4v) is 5.42. The number of alkyl halides is 2. The van der Waals surface area contributed by atoms with E-state index in [9.17, 15) is 8.78 Å². The number of fused-ring (bicyclic) bond motifs is 2. The lowest BCUT2D eigenvalue weighted by atomic mass is 9.88. The van der Waals surface area contributed by atoms with Crippen molar-refractivity contribution in [2.24, 2.45) is 0 Å². The number of hydrogen-bond acceptors (Lipinski definition) is 3. The van der Waals surface area contributed by atoms with Crippen molar-refractivity contribution in [1.82, 2.24) is 29.2 Å². The summed E-state index contributed by atoms with van der Waals surface area (Å²) >= 11 is 0. The number of pyridine rings is 1. The highest BCUT2D eigenvalue weighted by Gasteiger charge is 2.23. The Morgan fingerprint density at radius 1 is 1.09 bits per heavy atom. The van der Waals surface area contributed by atoms with E-state index in [1.54, 1.807) is 6.20 Å². The topological polar surface area (TPSA) is 65.0 Å². The van der Waals surface area contributed by atoms with E-state index in [4.69, 9.17) is 0 Å². The third kappa shape index (κ3) is 4.34. The van der Waals surface area contributed by atoms with Crippen LogP contribution in [0, 0.1) is 6.92 Å². The number of aromatic nitrogens is 5. The average Bonchev–Trinajstić information content (AvgIpc) is 3.57. The standard InChI is InChI=1S/C27H28F2N6/c1-17-31-14-21(32-17)16-34-9-6-18(7-10-34)19-2-4-24-22(12-19)23(13-25(28)29)27(33-24)20-3-5-26-30-8-11-35(26)15-20/h2-5,8,11-12,14-15,18,25,33H,6-7,9-10,13,16H2,1H3,(H,31,32). The van der Waals surface area contributed by atoms with Crippen molar-refractivity contribution in [1.29, 1.82) is 0 Å². The zero-order valence-corrected chi connectivity index (χ0v) is 19.6. The molecular formula is C27H28F2N6. The molecule has 6 nitrogen and oxygen atoms in total. The number of benzene rings is 1. The first kappa shape index (κ1) is 22.0. The minimum absolute atomic E-state index is 0.275. The van der Waals surface area contributed by atoms with Gasteiger partial charge >= 0.3 is 0 Å². The quantitative estimate of drug-likeness (QED) is 0.332. The molecule has 5 heterocycles. The second-order valence-electron chi connectivity index (χ2n) is 9.53. The summed E-state index contributed by atoms with van der Waals surface area (Å²) < 4.78 is 29.2. The molecule has 0 aliphatic carbocycles. The number of likely N-dealkylation sites (tertiary alicyclic amines) is 1. The van der Waals surface area contributed by atoms with E-state index in [1.165, 1.54) is 5.56 Å². The molecule has 0 amide bonds. The molecule has 180 valence electrons. The molecule has 0 radical (unpaired) electrons. The third-order valence-electron chi connectivity index (χ3n) is 7.17. The van der Waals surface area contributed by atoms with Crippen molar-refractivity contribution in [3.63, 3.8) is 0 Å². The Morgan fingerprint density at radius 2 is 1.94 bits per heavy atom. The molecule has 1 saturated heterocycles. The van der Waals surface area contributed by atoms with Crippen molar-refractivity contribution in [3.8, 4) is 11.3 Å². The summed E-state index contributed by atoms with van der Waals surface area (Å²) in [6.07, 6.45) is 6.87. The number of imidazole rings is 2. The highest BCUT2D eigenvalue weighted by Crippen LogP contribution is 2.36. The Kier molecular flexibility index (Phi) is 5.60. The van der Waals surface area contributed by atoms with Gasteiger partial charge < -0.3 is 14.4 Å². The molecule has 5 aromatic rings. The zero-order valence-electron chi connectivity index (χ0n) is 19.6. The van der Waals surface area contributed by atoms with Crippen LogP contribution in [0.25, 0.3) is 27.8 Å². The Balaban J connectivity index is 1.28. The van der Waals surface area contributed by atoms with Crippen LogP contribution in [0.1, 0.15) is 41.4 Å². The van der Waals surface area contributed by atoms with Crippen LogP contribution in [0.15, 0.2) is 55.1 Å². The summed E-state index contributed by atoms with van der Waals surface area (Å²) in [7, 11) is 0. The SMILES string of the molecule is Cc1ncc(CN2CCC(c3ccc4[nH]c(-c5ccc6nccn6c5)c(CC(F)F)c4c3)CC2)[nH]1. The molecule has 4 aromatic heterocycles. The average molecular weight is 475 g/mol. The van der Waals surface area contributed by atoms with E-state index in [0.717, 1.165) is 71.8 Å². The summed E-state index contributed by atoms with van der Waals surface area (Å²) in [5, 5.41) is 0.902.